The first kappa shape index (κ1) is 14.4. The van der Waals surface area contributed by atoms with Crippen molar-refractivity contribution in [2.45, 2.75) is 32.7 Å². The molecule has 0 saturated carbocycles. The normalized spacial score (nSPS) is 12.7. The molecule has 0 bridgehead atoms. The molecule has 1 unspecified atom stereocenters. The second-order valence-electron chi connectivity index (χ2n) is 4.65. The molecule has 0 saturated heterocycles. The first-order chi connectivity index (χ1) is 9.01. The SMILES string of the molecule is CCC(N)Cc1ccc(Cl)cc1-n1cc(Cl)c(C)n1. The summed E-state index contributed by atoms with van der Waals surface area (Å²) in [6.45, 7) is 3.95. The second kappa shape index (κ2) is 5.95. The molecular weight excluding hydrogens is 281 g/mol. The van der Waals surface area contributed by atoms with Crippen molar-refractivity contribution in [2.75, 3.05) is 0 Å². The van der Waals surface area contributed by atoms with Crippen LogP contribution in [0.4, 0.5) is 0 Å². The Kier molecular flexibility index (Phi) is 4.50. The third kappa shape index (κ3) is 3.30. The van der Waals surface area contributed by atoms with Crippen LogP contribution in [0.5, 0.6) is 0 Å². The zero-order valence-corrected chi connectivity index (χ0v) is 12.5. The monoisotopic (exact) mass is 297 g/mol. The number of hydrogen-bond donors (Lipinski definition) is 1. The lowest BCUT2D eigenvalue weighted by Gasteiger charge is -2.13. The largest absolute Gasteiger partial charge is 0.327 e. The van der Waals surface area contributed by atoms with Crippen molar-refractivity contribution < 1.29 is 0 Å². The summed E-state index contributed by atoms with van der Waals surface area (Å²) in [7, 11) is 0. The quantitative estimate of drug-likeness (QED) is 0.933. The van der Waals surface area contributed by atoms with Crippen molar-refractivity contribution in [3.8, 4) is 5.69 Å². The number of benzene rings is 1. The predicted molar refractivity (Wildman–Crippen MR) is 80.3 cm³/mol. The maximum Gasteiger partial charge on any atom is 0.0819 e. The fraction of sp³-hybridized carbons (Fsp3) is 0.357. The summed E-state index contributed by atoms with van der Waals surface area (Å²) in [4.78, 5) is 0. The van der Waals surface area contributed by atoms with E-state index in [1.807, 2.05) is 25.1 Å². The van der Waals surface area contributed by atoms with Crippen LogP contribution in [0.1, 0.15) is 24.6 Å². The molecule has 1 atom stereocenters. The first-order valence-electron chi connectivity index (χ1n) is 6.27. The van der Waals surface area contributed by atoms with Gasteiger partial charge in [-0.2, -0.15) is 5.10 Å². The summed E-state index contributed by atoms with van der Waals surface area (Å²) in [6.07, 6.45) is 3.52. The van der Waals surface area contributed by atoms with E-state index in [2.05, 4.69) is 12.0 Å². The topological polar surface area (TPSA) is 43.8 Å². The van der Waals surface area contributed by atoms with E-state index < -0.39 is 0 Å². The lowest BCUT2D eigenvalue weighted by atomic mass is 10.0. The standard InChI is InChI=1S/C14H17Cl2N3/c1-3-12(17)6-10-4-5-11(15)7-14(10)19-8-13(16)9(2)18-19/h4-5,7-8,12H,3,6,17H2,1-2H3. The molecule has 0 aliphatic rings. The number of aryl methyl sites for hydroxylation is 1. The summed E-state index contributed by atoms with van der Waals surface area (Å²) in [5.74, 6) is 0. The minimum atomic E-state index is 0.132. The lowest BCUT2D eigenvalue weighted by molar-refractivity contribution is 0.642. The molecule has 19 heavy (non-hydrogen) atoms. The molecule has 3 nitrogen and oxygen atoms in total. The highest BCUT2D eigenvalue weighted by atomic mass is 35.5. The number of hydrogen-bond acceptors (Lipinski definition) is 2. The smallest absolute Gasteiger partial charge is 0.0819 e. The van der Waals surface area contributed by atoms with Crippen LogP contribution in [-0.2, 0) is 6.42 Å². The summed E-state index contributed by atoms with van der Waals surface area (Å²) in [6, 6.07) is 5.90. The van der Waals surface area contributed by atoms with Gasteiger partial charge in [0.2, 0.25) is 0 Å². The zero-order chi connectivity index (χ0) is 14.0. The molecule has 2 N–H and O–H groups in total. The van der Waals surface area contributed by atoms with E-state index in [1.54, 1.807) is 10.9 Å². The highest BCUT2D eigenvalue weighted by molar-refractivity contribution is 6.31. The number of aromatic nitrogens is 2. The van der Waals surface area contributed by atoms with Crippen LogP contribution < -0.4 is 5.73 Å². The van der Waals surface area contributed by atoms with Crippen LogP contribution in [0.25, 0.3) is 5.69 Å². The van der Waals surface area contributed by atoms with Gasteiger partial charge in [0.15, 0.2) is 0 Å². The Hall–Kier alpha value is -1.03. The van der Waals surface area contributed by atoms with Crippen LogP contribution >= 0.6 is 23.2 Å². The Morgan fingerprint density at radius 2 is 2.11 bits per heavy atom. The van der Waals surface area contributed by atoms with Crippen LogP contribution in [0, 0.1) is 6.92 Å². The van der Waals surface area contributed by atoms with Gasteiger partial charge in [-0.25, -0.2) is 4.68 Å². The van der Waals surface area contributed by atoms with Crippen LogP contribution in [0.3, 0.4) is 0 Å². The van der Waals surface area contributed by atoms with Gasteiger partial charge in [0.05, 0.1) is 16.4 Å². The van der Waals surface area contributed by atoms with Crippen molar-refractivity contribution >= 4 is 23.2 Å². The molecule has 0 spiro atoms. The molecule has 0 amide bonds. The predicted octanol–water partition coefficient (Wildman–Crippen LogP) is 3.77. The van der Waals surface area contributed by atoms with Crippen molar-refractivity contribution in [2.24, 2.45) is 5.73 Å². The van der Waals surface area contributed by atoms with Gasteiger partial charge in [-0.15, -0.1) is 0 Å². The van der Waals surface area contributed by atoms with E-state index in [4.69, 9.17) is 28.9 Å². The van der Waals surface area contributed by atoms with Gasteiger partial charge in [0.1, 0.15) is 0 Å². The molecule has 1 aromatic carbocycles. The molecule has 0 fully saturated rings. The van der Waals surface area contributed by atoms with Gasteiger partial charge in [-0.1, -0.05) is 36.2 Å². The lowest BCUT2D eigenvalue weighted by Crippen LogP contribution is -2.22. The van der Waals surface area contributed by atoms with E-state index in [9.17, 15) is 0 Å². The Bertz CT molecular complexity index is 559. The summed E-state index contributed by atoms with van der Waals surface area (Å²) < 4.78 is 1.77. The average Bonchev–Trinajstić information content (AvgIpc) is 2.71. The minimum Gasteiger partial charge on any atom is -0.327 e. The number of nitrogens with two attached hydrogens (primary N) is 1. The summed E-state index contributed by atoms with van der Waals surface area (Å²) in [5, 5.41) is 5.72. The first-order valence-corrected chi connectivity index (χ1v) is 7.03. The molecule has 1 heterocycles. The number of nitrogens with zero attached hydrogens (tertiary/aromatic N) is 2. The van der Waals surface area contributed by atoms with Gasteiger partial charge < -0.3 is 5.73 Å². The Labute approximate surface area is 123 Å². The van der Waals surface area contributed by atoms with E-state index in [0.29, 0.717) is 10.0 Å². The zero-order valence-electron chi connectivity index (χ0n) is 11.0. The van der Waals surface area contributed by atoms with E-state index >= 15 is 0 Å². The Balaban J connectivity index is 2.45. The van der Waals surface area contributed by atoms with Crippen molar-refractivity contribution in [3.05, 3.63) is 45.7 Å². The van der Waals surface area contributed by atoms with Gasteiger partial charge >= 0.3 is 0 Å². The summed E-state index contributed by atoms with van der Waals surface area (Å²) >= 11 is 12.1. The molecule has 2 rings (SSSR count). The van der Waals surface area contributed by atoms with E-state index in [1.165, 1.54) is 0 Å². The van der Waals surface area contributed by atoms with Gasteiger partial charge in [0.25, 0.3) is 0 Å². The fourth-order valence-electron chi connectivity index (χ4n) is 1.91. The molecule has 2 aromatic rings. The number of halogens is 2. The molecular formula is C14H17Cl2N3. The minimum absolute atomic E-state index is 0.132. The van der Waals surface area contributed by atoms with Crippen LogP contribution in [0.15, 0.2) is 24.4 Å². The maximum absolute atomic E-state index is 6.08. The average molecular weight is 298 g/mol. The van der Waals surface area contributed by atoms with Gasteiger partial charge in [-0.3, -0.25) is 0 Å². The molecule has 0 radical (unpaired) electrons. The van der Waals surface area contributed by atoms with E-state index in [-0.39, 0.29) is 6.04 Å². The second-order valence-corrected chi connectivity index (χ2v) is 5.50. The fourth-order valence-corrected chi connectivity index (χ4v) is 2.21. The van der Waals surface area contributed by atoms with E-state index in [0.717, 1.165) is 29.8 Å². The Morgan fingerprint density at radius 3 is 2.68 bits per heavy atom. The van der Waals surface area contributed by atoms with Gasteiger partial charge in [0, 0.05) is 17.3 Å². The molecule has 5 heteroatoms. The third-order valence-electron chi connectivity index (χ3n) is 3.14. The maximum atomic E-state index is 6.08. The molecule has 102 valence electrons. The third-order valence-corrected chi connectivity index (χ3v) is 3.75. The Morgan fingerprint density at radius 1 is 1.37 bits per heavy atom. The van der Waals surface area contributed by atoms with Crippen LogP contribution in [-0.4, -0.2) is 15.8 Å². The van der Waals surface area contributed by atoms with Crippen molar-refractivity contribution in [3.63, 3.8) is 0 Å². The summed E-state index contributed by atoms with van der Waals surface area (Å²) in [5.41, 5.74) is 8.89. The number of rotatable bonds is 4. The van der Waals surface area contributed by atoms with Gasteiger partial charge in [-0.05, 0) is 37.5 Å². The van der Waals surface area contributed by atoms with Crippen molar-refractivity contribution in [1.29, 1.82) is 0 Å². The highest BCUT2D eigenvalue weighted by Crippen LogP contribution is 2.23. The molecule has 1 aromatic heterocycles. The highest BCUT2D eigenvalue weighted by Gasteiger charge is 2.11. The van der Waals surface area contributed by atoms with Crippen LogP contribution in [0.2, 0.25) is 10.0 Å². The molecule has 0 aliphatic heterocycles. The molecule has 0 aliphatic carbocycles. The van der Waals surface area contributed by atoms with Crippen molar-refractivity contribution in [1.82, 2.24) is 9.78 Å².